The van der Waals surface area contributed by atoms with E-state index in [0.29, 0.717) is 0 Å². The number of rotatable bonds is 3. The maximum Gasteiger partial charge on any atom is 0.0542 e. The van der Waals surface area contributed by atoms with Gasteiger partial charge in [-0.2, -0.15) is 0 Å². The zero-order valence-electron chi connectivity index (χ0n) is 7.55. The third kappa shape index (κ3) is 3.24. The predicted molar refractivity (Wildman–Crippen MR) is 47.5 cm³/mol. The molecule has 0 bridgehead atoms. The minimum atomic E-state index is 0.0191. The molecule has 1 N–H and O–H groups in total. The number of aliphatic hydroxyl groups excluding tert-OH is 1. The number of hydrogen-bond acceptors (Lipinski definition) is 1. The first-order chi connectivity index (χ1) is 5.33. The lowest BCUT2D eigenvalue weighted by molar-refractivity contribution is 0.0975. The number of hydrogen-bond donors (Lipinski definition) is 1. The molecule has 0 aromatic carbocycles. The van der Waals surface area contributed by atoms with E-state index in [4.69, 9.17) is 0 Å². The average molecular weight is 156 g/mol. The summed E-state index contributed by atoms with van der Waals surface area (Å²) in [4.78, 5) is 0. The maximum absolute atomic E-state index is 9.38. The van der Waals surface area contributed by atoms with Gasteiger partial charge in [0.15, 0.2) is 0 Å². The van der Waals surface area contributed by atoms with Crippen LogP contribution in [0.4, 0.5) is 0 Å². The molecule has 1 fully saturated rings. The summed E-state index contributed by atoms with van der Waals surface area (Å²) in [6.45, 7) is 2.24. The van der Waals surface area contributed by atoms with Crippen LogP contribution in [0.5, 0.6) is 0 Å². The van der Waals surface area contributed by atoms with Crippen molar-refractivity contribution in [1.29, 1.82) is 0 Å². The first kappa shape index (κ1) is 9.05. The molecule has 0 unspecified atom stereocenters. The van der Waals surface area contributed by atoms with E-state index in [1.54, 1.807) is 0 Å². The van der Waals surface area contributed by atoms with Gasteiger partial charge in [0.25, 0.3) is 0 Å². The Kier molecular flexibility index (Phi) is 3.92. The fourth-order valence-corrected chi connectivity index (χ4v) is 2.02. The molecule has 0 amide bonds. The molecule has 0 radical (unpaired) electrons. The summed E-state index contributed by atoms with van der Waals surface area (Å²) >= 11 is 0. The minimum Gasteiger partial charge on any atom is -0.393 e. The van der Waals surface area contributed by atoms with Crippen LogP contribution >= 0.6 is 0 Å². The van der Waals surface area contributed by atoms with Crippen LogP contribution in [0.2, 0.25) is 0 Å². The Balaban J connectivity index is 2.12. The summed E-state index contributed by atoms with van der Waals surface area (Å²) in [5.41, 5.74) is 0. The Morgan fingerprint density at radius 3 is 2.82 bits per heavy atom. The van der Waals surface area contributed by atoms with E-state index in [1.165, 1.54) is 32.1 Å². The fraction of sp³-hybridized carbons (Fsp3) is 1.00. The van der Waals surface area contributed by atoms with E-state index < -0.39 is 0 Å². The van der Waals surface area contributed by atoms with E-state index in [2.05, 4.69) is 6.92 Å². The smallest absolute Gasteiger partial charge is 0.0542 e. The molecule has 66 valence electrons. The molecule has 1 nitrogen and oxygen atoms in total. The molecule has 1 rings (SSSR count). The van der Waals surface area contributed by atoms with E-state index in [1.807, 2.05) is 0 Å². The van der Waals surface area contributed by atoms with Gasteiger partial charge in [0.05, 0.1) is 6.10 Å². The molecule has 1 aliphatic carbocycles. The van der Waals surface area contributed by atoms with Crippen molar-refractivity contribution in [3.8, 4) is 0 Å². The quantitative estimate of drug-likeness (QED) is 0.666. The van der Waals surface area contributed by atoms with Crippen molar-refractivity contribution in [3.05, 3.63) is 0 Å². The molecule has 0 spiro atoms. The van der Waals surface area contributed by atoms with Gasteiger partial charge in [0, 0.05) is 0 Å². The SMILES string of the molecule is CCCC[C@H]1CCC[C@H](O)C1. The zero-order chi connectivity index (χ0) is 8.10. The third-order valence-electron chi connectivity index (χ3n) is 2.72. The van der Waals surface area contributed by atoms with Crippen LogP contribution in [0.25, 0.3) is 0 Å². The summed E-state index contributed by atoms with van der Waals surface area (Å²) in [5.74, 6) is 0.832. The first-order valence-corrected chi connectivity index (χ1v) is 5.01. The van der Waals surface area contributed by atoms with Gasteiger partial charge in [-0.15, -0.1) is 0 Å². The normalized spacial score (nSPS) is 32.2. The summed E-state index contributed by atoms with van der Waals surface area (Å²) in [6, 6.07) is 0. The molecule has 0 heterocycles. The molecule has 1 saturated carbocycles. The Labute approximate surface area is 69.8 Å². The second kappa shape index (κ2) is 4.76. The van der Waals surface area contributed by atoms with Crippen LogP contribution in [0, 0.1) is 5.92 Å². The highest BCUT2D eigenvalue weighted by molar-refractivity contribution is 4.71. The van der Waals surface area contributed by atoms with Crippen molar-refractivity contribution in [1.82, 2.24) is 0 Å². The van der Waals surface area contributed by atoms with E-state index in [-0.39, 0.29) is 6.10 Å². The maximum atomic E-state index is 9.38. The highest BCUT2D eigenvalue weighted by atomic mass is 16.3. The fourth-order valence-electron chi connectivity index (χ4n) is 2.02. The van der Waals surface area contributed by atoms with E-state index >= 15 is 0 Å². The summed E-state index contributed by atoms with van der Waals surface area (Å²) in [6.07, 6.45) is 8.72. The molecule has 11 heavy (non-hydrogen) atoms. The van der Waals surface area contributed by atoms with Gasteiger partial charge in [-0.3, -0.25) is 0 Å². The zero-order valence-corrected chi connectivity index (χ0v) is 7.55. The Bertz CT molecular complexity index is 101. The van der Waals surface area contributed by atoms with Crippen molar-refractivity contribution < 1.29 is 5.11 Å². The van der Waals surface area contributed by atoms with Gasteiger partial charge in [-0.25, -0.2) is 0 Å². The van der Waals surface area contributed by atoms with Gasteiger partial charge < -0.3 is 5.11 Å². The molecule has 0 aliphatic heterocycles. The molecule has 2 atom stereocenters. The second-order valence-electron chi connectivity index (χ2n) is 3.83. The molecule has 1 heteroatoms. The molecule has 0 saturated heterocycles. The lowest BCUT2D eigenvalue weighted by atomic mass is 9.84. The standard InChI is InChI=1S/C10H20O/c1-2-3-5-9-6-4-7-10(11)8-9/h9-11H,2-8H2,1H3/t9-,10-/m0/s1. The second-order valence-corrected chi connectivity index (χ2v) is 3.83. The molecule has 0 aromatic rings. The van der Waals surface area contributed by atoms with Crippen LogP contribution in [0.1, 0.15) is 51.9 Å². The largest absolute Gasteiger partial charge is 0.393 e. The highest BCUT2D eigenvalue weighted by Gasteiger charge is 2.18. The topological polar surface area (TPSA) is 20.2 Å². The summed E-state index contributed by atoms with van der Waals surface area (Å²) < 4.78 is 0. The molecular formula is C10H20O. The van der Waals surface area contributed by atoms with Crippen molar-refractivity contribution in [3.63, 3.8) is 0 Å². The molecular weight excluding hydrogens is 136 g/mol. The van der Waals surface area contributed by atoms with E-state index in [0.717, 1.165) is 18.8 Å². The van der Waals surface area contributed by atoms with Crippen LogP contribution < -0.4 is 0 Å². The van der Waals surface area contributed by atoms with Crippen molar-refractivity contribution in [2.75, 3.05) is 0 Å². The lowest BCUT2D eigenvalue weighted by Gasteiger charge is -2.25. The Hall–Kier alpha value is -0.0400. The lowest BCUT2D eigenvalue weighted by Crippen LogP contribution is -2.19. The number of unbranched alkanes of at least 4 members (excludes halogenated alkanes) is 1. The minimum absolute atomic E-state index is 0.0191. The monoisotopic (exact) mass is 156 g/mol. The number of aliphatic hydroxyl groups is 1. The van der Waals surface area contributed by atoms with Crippen LogP contribution in [0.3, 0.4) is 0 Å². The van der Waals surface area contributed by atoms with Crippen LogP contribution in [0.15, 0.2) is 0 Å². The van der Waals surface area contributed by atoms with Gasteiger partial charge in [0.2, 0.25) is 0 Å². The van der Waals surface area contributed by atoms with Gasteiger partial charge in [-0.1, -0.05) is 39.0 Å². The first-order valence-electron chi connectivity index (χ1n) is 5.01. The van der Waals surface area contributed by atoms with Crippen LogP contribution in [-0.2, 0) is 0 Å². The van der Waals surface area contributed by atoms with Crippen LogP contribution in [-0.4, -0.2) is 11.2 Å². The van der Waals surface area contributed by atoms with Gasteiger partial charge in [-0.05, 0) is 18.8 Å². The van der Waals surface area contributed by atoms with Gasteiger partial charge >= 0.3 is 0 Å². The third-order valence-corrected chi connectivity index (χ3v) is 2.72. The van der Waals surface area contributed by atoms with Crippen molar-refractivity contribution in [2.45, 2.75) is 58.0 Å². The predicted octanol–water partition coefficient (Wildman–Crippen LogP) is 2.73. The van der Waals surface area contributed by atoms with E-state index in [9.17, 15) is 5.11 Å². The van der Waals surface area contributed by atoms with Crippen molar-refractivity contribution >= 4 is 0 Å². The Morgan fingerprint density at radius 2 is 2.18 bits per heavy atom. The van der Waals surface area contributed by atoms with Crippen molar-refractivity contribution in [2.24, 2.45) is 5.92 Å². The summed E-state index contributed by atoms with van der Waals surface area (Å²) in [5, 5.41) is 9.38. The molecule has 1 aliphatic rings. The average Bonchev–Trinajstić information content (AvgIpc) is 2.01. The molecule has 0 aromatic heterocycles. The Morgan fingerprint density at radius 1 is 1.36 bits per heavy atom. The highest BCUT2D eigenvalue weighted by Crippen LogP contribution is 2.27. The summed E-state index contributed by atoms with van der Waals surface area (Å²) in [7, 11) is 0. The van der Waals surface area contributed by atoms with Gasteiger partial charge in [0.1, 0.15) is 0 Å².